The lowest BCUT2D eigenvalue weighted by atomic mass is 9.99. The molecule has 0 bridgehead atoms. The Morgan fingerprint density at radius 1 is 1.14 bits per heavy atom. The first-order valence-electron chi connectivity index (χ1n) is 5.79. The molecule has 2 atom stereocenters. The SMILES string of the molecule is CC1OCCC1NCC1CCOCC1. The van der Waals surface area contributed by atoms with Crippen LogP contribution >= 0.6 is 0 Å². The Kier molecular flexibility index (Phi) is 3.79. The third-order valence-electron chi connectivity index (χ3n) is 3.39. The van der Waals surface area contributed by atoms with Crippen LogP contribution in [-0.4, -0.2) is 38.5 Å². The first-order valence-corrected chi connectivity index (χ1v) is 5.79. The topological polar surface area (TPSA) is 30.5 Å². The molecule has 2 aliphatic rings. The van der Waals surface area contributed by atoms with Crippen LogP contribution in [-0.2, 0) is 9.47 Å². The Hall–Kier alpha value is -0.120. The van der Waals surface area contributed by atoms with E-state index in [1.165, 1.54) is 19.3 Å². The molecule has 82 valence electrons. The zero-order chi connectivity index (χ0) is 9.80. The molecule has 3 nitrogen and oxygen atoms in total. The Balaban J connectivity index is 1.65. The van der Waals surface area contributed by atoms with Crippen molar-refractivity contribution in [2.75, 3.05) is 26.4 Å². The van der Waals surface area contributed by atoms with E-state index in [0.29, 0.717) is 12.1 Å². The molecule has 2 rings (SSSR count). The lowest BCUT2D eigenvalue weighted by Crippen LogP contribution is -2.39. The Morgan fingerprint density at radius 3 is 2.57 bits per heavy atom. The summed E-state index contributed by atoms with van der Waals surface area (Å²) in [5.74, 6) is 0.816. The van der Waals surface area contributed by atoms with Gasteiger partial charge in [-0.05, 0) is 38.6 Å². The summed E-state index contributed by atoms with van der Waals surface area (Å²) in [6.45, 7) is 6.12. The number of ether oxygens (including phenoxy) is 2. The second kappa shape index (κ2) is 5.10. The first kappa shape index (κ1) is 10.4. The van der Waals surface area contributed by atoms with Crippen molar-refractivity contribution in [1.29, 1.82) is 0 Å². The van der Waals surface area contributed by atoms with Gasteiger partial charge in [-0.2, -0.15) is 0 Å². The molecule has 2 saturated heterocycles. The van der Waals surface area contributed by atoms with Crippen LogP contribution in [0.15, 0.2) is 0 Å². The normalized spacial score (nSPS) is 34.9. The predicted octanol–water partition coefficient (Wildman–Crippen LogP) is 1.18. The minimum absolute atomic E-state index is 0.398. The van der Waals surface area contributed by atoms with Crippen LogP contribution in [0.2, 0.25) is 0 Å². The number of rotatable bonds is 3. The standard InChI is InChI=1S/C11H21NO2/c1-9-11(4-7-14-9)12-8-10-2-5-13-6-3-10/h9-12H,2-8H2,1H3. The highest BCUT2D eigenvalue weighted by atomic mass is 16.5. The van der Waals surface area contributed by atoms with E-state index in [0.717, 1.165) is 32.3 Å². The van der Waals surface area contributed by atoms with Crippen molar-refractivity contribution >= 4 is 0 Å². The molecule has 2 heterocycles. The van der Waals surface area contributed by atoms with Crippen LogP contribution in [0, 0.1) is 5.92 Å². The van der Waals surface area contributed by atoms with Gasteiger partial charge in [0, 0.05) is 25.9 Å². The van der Waals surface area contributed by atoms with Crippen LogP contribution < -0.4 is 5.32 Å². The third-order valence-corrected chi connectivity index (χ3v) is 3.39. The van der Waals surface area contributed by atoms with Crippen molar-refractivity contribution in [2.45, 2.75) is 38.3 Å². The van der Waals surface area contributed by atoms with E-state index in [-0.39, 0.29) is 0 Å². The van der Waals surface area contributed by atoms with Gasteiger partial charge in [-0.25, -0.2) is 0 Å². The van der Waals surface area contributed by atoms with Gasteiger partial charge in [0.1, 0.15) is 0 Å². The molecule has 0 amide bonds. The van der Waals surface area contributed by atoms with Gasteiger partial charge in [-0.3, -0.25) is 0 Å². The number of hydrogen-bond donors (Lipinski definition) is 1. The molecule has 0 aliphatic carbocycles. The van der Waals surface area contributed by atoms with E-state index < -0.39 is 0 Å². The van der Waals surface area contributed by atoms with E-state index in [1.54, 1.807) is 0 Å². The minimum Gasteiger partial charge on any atom is -0.381 e. The van der Waals surface area contributed by atoms with Gasteiger partial charge in [0.15, 0.2) is 0 Å². The maximum atomic E-state index is 5.52. The molecule has 0 radical (unpaired) electrons. The average Bonchev–Trinajstić information content (AvgIpc) is 2.63. The van der Waals surface area contributed by atoms with Gasteiger partial charge < -0.3 is 14.8 Å². The van der Waals surface area contributed by atoms with Crippen molar-refractivity contribution in [1.82, 2.24) is 5.32 Å². The molecule has 0 aromatic rings. The van der Waals surface area contributed by atoms with Crippen LogP contribution in [0.25, 0.3) is 0 Å². The predicted molar refractivity (Wildman–Crippen MR) is 55.4 cm³/mol. The Bertz CT molecular complexity index is 169. The van der Waals surface area contributed by atoms with E-state index >= 15 is 0 Å². The van der Waals surface area contributed by atoms with Gasteiger partial charge in [0.25, 0.3) is 0 Å². The third kappa shape index (κ3) is 2.69. The van der Waals surface area contributed by atoms with Crippen molar-refractivity contribution in [3.8, 4) is 0 Å². The Labute approximate surface area is 86.2 Å². The molecule has 0 spiro atoms. The van der Waals surface area contributed by atoms with E-state index in [9.17, 15) is 0 Å². The lowest BCUT2D eigenvalue weighted by molar-refractivity contribution is 0.0633. The molecular formula is C11H21NO2. The van der Waals surface area contributed by atoms with Crippen LogP contribution in [0.3, 0.4) is 0 Å². The van der Waals surface area contributed by atoms with Gasteiger partial charge >= 0.3 is 0 Å². The second-order valence-electron chi connectivity index (χ2n) is 4.44. The summed E-state index contributed by atoms with van der Waals surface area (Å²) in [5.41, 5.74) is 0. The van der Waals surface area contributed by atoms with E-state index in [1.807, 2.05) is 0 Å². The molecule has 14 heavy (non-hydrogen) atoms. The van der Waals surface area contributed by atoms with Gasteiger partial charge in [0.2, 0.25) is 0 Å². The van der Waals surface area contributed by atoms with Crippen molar-refractivity contribution in [3.63, 3.8) is 0 Å². The molecule has 2 fully saturated rings. The molecule has 0 aromatic carbocycles. The molecule has 0 saturated carbocycles. The molecule has 2 unspecified atom stereocenters. The maximum absolute atomic E-state index is 5.52. The highest BCUT2D eigenvalue weighted by Gasteiger charge is 2.24. The van der Waals surface area contributed by atoms with E-state index in [4.69, 9.17) is 9.47 Å². The van der Waals surface area contributed by atoms with Crippen LogP contribution in [0.4, 0.5) is 0 Å². The summed E-state index contributed by atoms with van der Waals surface area (Å²) >= 11 is 0. The zero-order valence-corrected chi connectivity index (χ0v) is 9.00. The zero-order valence-electron chi connectivity index (χ0n) is 9.00. The minimum atomic E-state index is 0.398. The summed E-state index contributed by atoms with van der Waals surface area (Å²) in [7, 11) is 0. The van der Waals surface area contributed by atoms with E-state index in [2.05, 4.69) is 12.2 Å². The highest BCUT2D eigenvalue weighted by Crippen LogP contribution is 2.16. The summed E-state index contributed by atoms with van der Waals surface area (Å²) < 4.78 is 10.9. The largest absolute Gasteiger partial charge is 0.381 e. The Morgan fingerprint density at radius 2 is 1.93 bits per heavy atom. The fourth-order valence-electron chi connectivity index (χ4n) is 2.27. The average molecular weight is 199 g/mol. The van der Waals surface area contributed by atoms with Gasteiger partial charge in [0.05, 0.1) is 6.10 Å². The number of nitrogens with one attached hydrogen (secondary N) is 1. The summed E-state index contributed by atoms with van der Waals surface area (Å²) in [5, 5.41) is 3.62. The molecule has 0 aromatic heterocycles. The molecule has 3 heteroatoms. The van der Waals surface area contributed by atoms with Gasteiger partial charge in [-0.15, -0.1) is 0 Å². The summed E-state index contributed by atoms with van der Waals surface area (Å²) in [4.78, 5) is 0. The van der Waals surface area contributed by atoms with Crippen LogP contribution in [0.1, 0.15) is 26.2 Å². The monoisotopic (exact) mass is 199 g/mol. The first-order chi connectivity index (χ1) is 6.86. The maximum Gasteiger partial charge on any atom is 0.0700 e. The quantitative estimate of drug-likeness (QED) is 0.740. The molecule has 2 aliphatic heterocycles. The molecule has 1 N–H and O–H groups in total. The fourth-order valence-corrected chi connectivity index (χ4v) is 2.27. The molecular weight excluding hydrogens is 178 g/mol. The lowest BCUT2D eigenvalue weighted by Gasteiger charge is -2.25. The second-order valence-corrected chi connectivity index (χ2v) is 4.44. The van der Waals surface area contributed by atoms with Crippen LogP contribution in [0.5, 0.6) is 0 Å². The van der Waals surface area contributed by atoms with Gasteiger partial charge in [-0.1, -0.05) is 0 Å². The fraction of sp³-hybridized carbons (Fsp3) is 1.00. The number of hydrogen-bond acceptors (Lipinski definition) is 3. The smallest absolute Gasteiger partial charge is 0.0700 e. The van der Waals surface area contributed by atoms with Crippen molar-refractivity contribution < 1.29 is 9.47 Å². The highest BCUT2D eigenvalue weighted by molar-refractivity contribution is 4.80. The van der Waals surface area contributed by atoms with Crippen molar-refractivity contribution in [3.05, 3.63) is 0 Å². The summed E-state index contributed by atoms with van der Waals surface area (Å²) in [6, 6.07) is 0.581. The summed E-state index contributed by atoms with van der Waals surface area (Å²) in [6.07, 6.45) is 4.00. The van der Waals surface area contributed by atoms with Crippen molar-refractivity contribution in [2.24, 2.45) is 5.92 Å².